The van der Waals surface area contributed by atoms with Gasteiger partial charge in [-0.25, -0.2) is 0 Å². The molecule has 3 aromatic rings. The van der Waals surface area contributed by atoms with Gasteiger partial charge in [0.05, 0.1) is 16.4 Å². The average molecular weight is 340 g/mol. The van der Waals surface area contributed by atoms with Gasteiger partial charge in [0, 0.05) is 26.8 Å². The molecule has 0 fully saturated rings. The summed E-state index contributed by atoms with van der Waals surface area (Å²) < 4.78 is 3.28. The largest absolute Gasteiger partial charge is 0.378 e. The molecule has 0 aliphatic rings. The summed E-state index contributed by atoms with van der Waals surface area (Å²) in [4.78, 5) is 2.96. The summed E-state index contributed by atoms with van der Waals surface area (Å²) in [5.41, 5.74) is 3.39. The summed E-state index contributed by atoms with van der Waals surface area (Å²) in [6.07, 6.45) is 1.78. The fraction of sp³-hybridized carbons (Fsp3) is 0.263. The van der Waals surface area contributed by atoms with Crippen LogP contribution in [-0.4, -0.2) is 24.9 Å². The number of fused-ring (bicyclic) bond motifs is 1. The Balaban J connectivity index is 0.00000100. The van der Waals surface area contributed by atoms with Crippen molar-refractivity contribution >= 4 is 33.5 Å². The lowest BCUT2D eigenvalue weighted by Crippen LogP contribution is -2.09. The SMILES string of the molecule is CC.CN(C)c1ccc(C=NN=c2sc3ccccc3n2C)cc1. The Morgan fingerprint density at radius 2 is 1.67 bits per heavy atom. The number of anilines is 1. The van der Waals surface area contributed by atoms with Crippen LogP contribution in [0.5, 0.6) is 0 Å². The lowest BCUT2D eigenvalue weighted by atomic mass is 10.2. The van der Waals surface area contributed by atoms with E-state index < -0.39 is 0 Å². The molecule has 3 rings (SSSR count). The third-order valence-corrected chi connectivity index (χ3v) is 4.58. The number of hydrogen-bond donors (Lipinski definition) is 0. The number of aromatic nitrogens is 1. The first-order valence-corrected chi connectivity index (χ1v) is 8.86. The Morgan fingerprint density at radius 1 is 1.00 bits per heavy atom. The third-order valence-electron chi connectivity index (χ3n) is 3.47. The van der Waals surface area contributed by atoms with Crippen molar-refractivity contribution in [2.24, 2.45) is 17.3 Å². The highest BCUT2D eigenvalue weighted by Gasteiger charge is 2.00. The van der Waals surface area contributed by atoms with Crippen LogP contribution in [0.15, 0.2) is 58.7 Å². The molecule has 2 aromatic carbocycles. The van der Waals surface area contributed by atoms with Gasteiger partial charge >= 0.3 is 0 Å². The van der Waals surface area contributed by atoms with E-state index in [0.29, 0.717) is 0 Å². The second-order valence-corrected chi connectivity index (χ2v) is 6.25. The fourth-order valence-electron chi connectivity index (χ4n) is 2.18. The molecule has 0 spiro atoms. The molecule has 0 saturated carbocycles. The van der Waals surface area contributed by atoms with Crippen LogP contribution in [0, 0.1) is 0 Å². The molecule has 0 aliphatic carbocycles. The first-order valence-electron chi connectivity index (χ1n) is 8.04. The first kappa shape index (κ1) is 17.9. The maximum atomic E-state index is 4.34. The maximum absolute atomic E-state index is 4.34. The van der Waals surface area contributed by atoms with Crippen molar-refractivity contribution in [1.29, 1.82) is 0 Å². The summed E-state index contributed by atoms with van der Waals surface area (Å²) in [5, 5.41) is 8.55. The molecule has 0 atom stereocenters. The number of para-hydroxylation sites is 1. The van der Waals surface area contributed by atoms with Gasteiger partial charge in [-0.1, -0.05) is 49.4 Å². The number of benzene rings is 2. The van der Waals surface area contributed by atoms with Crippen molar-refractivity contribution in [1.82, 2.24) is 4.57 Å². The maximum Gasteiger partial charge on any atom is 0.211 e. The minimum atomic E-state index is 0.891. The molecule has 4 nitrogen and oxygen atoms in total. The van der Waals surface area contributed by atoms with Crippen molar-refractivity contribution < 1.29 is 0 Å². The molecule has 0 aliphatic heterocycles. The molecule has 126 valence electrons. The highest BCUT2D eigenvalue weighted by molar-refractivity contribution is 7.16. The van der Waals surface area contributed by atoms with Gasteiger partial charge in [0.15, 0.2) is 0 Å². The Hall–Kier alpha value is -2.40. The highest BCUT2D eigenvalue weighted by atomic mass is 32.1. The van der Waals surface area contributed by atoms with Gasteiger partial charge in [0.25, 0.3) is 0 Å². The molecule has 0 amide bonds. The molecular formula is C19H24N4S. The Kier molecular flexibility index (Phi) is 6.32. The van der Waals surface area contributed by atoms with Crippen molar-refractivity contribution in [3.05, 3.63) is 58.9 Å². The van der Waals surface area contributed by atoms with Crippen molar-refractivity contribution in [2.45, 2.75) is 13.8 Å². The molecule has 0 saturated heterocycles. The number of nitrogens with zero attached hydrogens (tertiary/aromatic N) is 4. The zero-order valence-electron chi connectivity index (χ0n) is 14.9. The summed E-state index contributed by atoms with van der Waals surface area (Å²) in [7, 11) is 6.07. The van der Waals surface area contributed by atoms with Crippen LogP contribution < -0.4 is 9.70 Å². The van der Waals surface area contributed by atoms with Crippen LogP contribution in [-0.2, 0) is 7.05 Å². The van der Waals surface area contributed by atoms with Gasteiger partial charge in [-0.15, -0.1) is 5.10 Å². The quantitative estimate of drug-likeness (QED) is 0.518. The average Bonchev–Trinajstić information content (AvgIpc) is 2.94. The summed E-state index contributed by atoms with van der Waals surface area (Å²) in [5.74, 6) is 0. The fourth-order valence-corrected chi connectivity index (χ4v) is 3.16. The van der Waals surface area contributed by atoms with E-state index in [1.807, 2.05) is 59.3 Å². The van der Waals surface area contributed by atoms with E-state index in [-0.39, 0.29) is 0 Å². The van der Waals surface area contributed by atoms with Gasteiger partial charge in [0.2, 0.25) is 4.80 Å². The summed E-state index contributed by atoms with van der Waals surface area (Å²) in [6, 6.07) is 16.5. The van der Waals surface area contributed by atoms with Gasteiger partial charge in [0.1, 0.15) is 0 Å². The highest BCUT2D eigenvalue weighted by Crippen LogP contribution is 2.15. The number of thiazole rings is 1. The molecule has 24 heavy (non-hydrogen) atoms. The van der Waals surface area contributed by atoms with Crippen LogP contribution in [0.2, 0.25) is 0 Å². The minimum Gasteiger partial charge on any atom is -0.378 e. The third kappa shape index (κ3) is 4.11. The Morgan fingerprint density at radius 3 is 2.29 bits per heavy atom. The van der Waals surface area contributed by atoms with E-state index in [0.717, 1.165) is 10.4 Å². The van der Waals surface area contributed by atoms with E-state index in [4.69, 9.17) is 0 Å². The molecule has 5 heteroatoms. The molecular weight excluding hydrogens is 316 g/mol. The normalized spacial score (nSPS) is 11.6. The van der Waals surface area contributed by atoms with Gasteiger partial charge < -0.3 is 9.47 Å². The molecule has 0 unspecified atom stereocenters. The van der Waals surface area contributed by atoms with Gasteiger partial charge in [-0.3, -0.25) is 0 Å². The second kappa shape index (κ2) is 8.45. The number of aryl methyl sites for hydroxylation is 1. The Labute approximate surface area is 147 Å². The van der Waals surface area contributed by atoms with Crippen LogP contribution in [0.3, 0.4) is 0 Å². The molecule has 1 heterocycles. The van der Waals surface area contributed by atoms with Gasteiger partial charge in [-0.05, 0) is 29.8 Å². The topological polar surface area (TPSA) is 32.9 Å². The van der Waals surface area contributed by atoms with Crippen LogP contribution >= 0.6 is 11.3 Å². The molecule has 0 radical (unpaired) electrons. The Bertz CT molecular complexity index is 870. The van der Waals surface area contributed by atoms with Crippen LogP contribution in [0.1, 0.15) is 19.4 Å². The van der Waals surface area contributed by atoms with Crippen molar-refractivity contribution in [2.75, 3.05) is 19.0 Å². The summed E-state index contributed by atoms with van der Waals surface area (Å²) >= 11 is 1.64. The van der Waals surface area contributed by atoms with E-state index in [9.17, 15) is 0 Å². The predicted octanol–water partition coefficient (Wildman–Crippen LogP) is 4.27. The molecule has 1 aromatic heterocycles. The van der Waals surface area contributed by atoms with E-state index in [2.05, 4.69) is 43.9 Å². The first-order chi connectivity index (χ1) is 11.6. The lowest BCUT2D eigenvalue weighted by Gasteiger charge is -2.11. The van der Waals surface area contributed by atoms with Gasteiger partial charge in [-0.2, -0.15) is 5.10 Å². The second-order valence-electron chi connectivity index (χ2n) is 5.24. The minimum absolute atomic E-state index is 0.891. The van der Waals surface area contributed by atoms with E-state index in [1.165, 1.54) is 15.9 Å². The number of rotatable bonds is 3. The summed E-state index contributed by atoms with van der Waals surface area (Å²) in [6.45, 7) is 4.00. The molecule has 0 N–H and O–H groups in total. The van der Waals surface area contributed by atoms with Crippen LogP contribution in [0.4, 0.5) is 5.69 Å². The zero-order chi connectivity index (χ0) is 17.5. The van der Waals surface area contributed by atoms with E-state index in [1.54, 1.807) is 17.6 Å². The van der Waals surface area contributed by atoms with E-state index >= 15 is 0 Å². The standard InChI is InChI=1S/C17H18N4S.C2H6/c1-20(2)14-10-8-13(9-11-14)12-18-19-17-21(3)15-6-4-5-7-16(15)22-17;1-2/h4-12H,1-3H3;1-2H3. The monoisotopic (exact) mass is 340 g/mol. The van der Waals surface area contributed by atoms with Crippen molar-refractivity contribution in [3.63, 3.8) is 0 Å². The predicted molar refractivity (Wildman–Crippen MR) is 106 cm³/mol. The van der Waals surface area contributed by atoms with Crippen LogP contribution in [0.25, 0.3) is 10.2 Å². The zero-order valence-corrected chi connectivity index (χ0v) is 15.7. The molecule has 0 bridgehead atoms. The number of hydrogen-bond acceptors (Lipinski definition) is 4. The smallest absolute Gasteiger partial charge is 0.211 e. The van der Waals surface area contributed by atoms with Crippen molar-refractivity contribution in [3.8, 4) is 0 Å². The lowest BCUT2D eigenvalue weighted by molar-refractivity contribution is 0.889.